The Hall–Kier alpha value is -1.40. The van der Waals surface area contributed by atoms with Crippen molar-refractivity contribution in [2.75, 3.05) is 5.32 Å². The summed E-state index contributed by atoms with van der Waals surface area (Å²) >= 11 is 0. The molecule has 2 fully saturated rings. The Morgan fingerprint density at radius 2 is 1.86 bits per heavy atom. The summed E-state index contributed by atoms with van der Waals surface area (Å²) in [5, 5.41) is 2.62. The molecule has 5 nitrogen and oxygen atoms in total. The van der Waals surface area contributed by atoms with Gasteiger partial charge >= 0.3 is 0 Å². The fourth-order valence-electron chi connectivity index (χ4n) is 3.58. The maximum atomic E-state index is 12.4. The molecule has 21 heavy (non-hydrogen) atoms. The minimum absolute atomic E-state index is 0.0868. The lowest BCUT2D eigenvalue weighted by Gasteiger charge is -2.22. The maximum absolute atomic E-state index is 12.4. The Kier molecular flexibility index (Phi) is 3.75. The van der Waals surface area contributed by atoms with Gasteiger partial charge in [0.1, 0.15) is 0 Å². The summed E-state index contributed by atoms with van der Waals surface area (Å²) < 4.78 is 27.6. The van der Waals surface area contributed by atoms with Gasteiger partial charge < -0.3 is 5.32 Å². The standard InChI is InChI=1S/C15H20N2O3S/c1-10(18)16-13-4-6-14(7-5-13)21(19,20)17-15-9-11-2-3-12(15)8-11/h4-7,11-12,15,17H,2-3,8-9H2,1H3,(H,16,18)/t11-,12-,15+/m0/s1. The molecule has 0 radical (unpaired) electrons. The summed E-state index contributed by atoms with van der Waals surface area (Å²) in [5.74, 6) is 1.03. The molecule has 0 heterocycles. The summed E-state index contributed by atoms with van der Waals surface area (Å²) in [7, 11) is -3.47. The van der Waals surface area contributed by atoms with Crippen LogP contribution >= 0.6 is 0 Å². The van der Waals surface area contributed by atoms with Gasteiger partial charge in [-0.05, 0) is 55.4 Å². The molecule has 1 aromatic carbocycles. The third-order valence-corrected chi connectivity index (χ3v) is 6.04. The number of hydrogen-bond acceptors (Lipinski definition) is 3. The van der Waals surface area contributed by atoms with E-state index in [1.165, 1.54) is 25.5 Å². The topological polar surface area (TPSA) is 75.3 Å². The lowest BCUT2D eigenvalue weighted by Crippen LogP contribution is -2.38. The van der Waals surface area contributed by atoms with E-state index in [9.17, 15) is 13.2 Å². The molecule has 114 valence electrons. The molecular weight excluding hydrogens is 288 g/mol. The van der Waals surface area contributed by atoms with Crippen molar-refractivity contribution in [3.63, 3.8) is 0 Å². The van der Waals surface area contributed by atoms with E-state index < -0.39 is 10.0 Å². The third kappa shape index (κ3) is 3.11. The van der Waals surface area contributed by atoms with Gasteiger partial charge in [-0.25, -0.2) is 13.1 Å². The van der Waals surface area contributed by atoms with E-state index in [1.807, 2.05) is 0 Å². The van der Waals surface area contributed by atoms with Crippen molar-refractivity contribution in [3.05, 3.63) is 24.3 Å². The highest BCUT2D eigenvalue weighted by atomic mass is 32.2. The lowest BCUT2D eigenvalue weighted by molar-refractivity contribution is -0.114. The first-order valence-corrected chi connectivity index (χ1v) is 8.82. The van der Waals surface area contributed by atoms with E-state index in [0.717, 1.165) is 19.3 Å². The average molecular weight is 308 g/mol. The second kappa shape index (κ2) is 5.42. The van der Waals surface area contributed by atoms with E-state index in [0.29, 0.717) is 17.5 Å². The van der Waals surface area contributed by atoms with Crippen LogP contribution < -0.4 is 10.0 Å². The molecule has 0 saturated heterocycles. The number of anilines is 1. The number of benzene rings is 1. The zero-order valence-corrected chi connectivity index (χ0v) is 12.8. The zero-order valence-electron chi connectivity index (χ0n) is 12.0. The van der Waals surface area contributed by atoms with Crippen molar-refractivity contribution in [1.29, 1.82) is 0 Å². The average Bonchev–Trinajstić information content (AvgIpc) is 3.00. The van der Waals surface area contributed by atoms with Gasteiger partial charge in [-0.1, -0.05) is 6.42 Å². The van der Waals surface area contributed by atoms with Gasteiger partial charge in [-0.3, -0.25) is 4.79 Å². The van der Waals surface area contributed by atoms with Crippen molar-refractivity contribution in [1.82, 2.24) is 4.72 Å². The van der Waals surface area contributed by atoms with Crippen molar-refractivity contribution in [2.24, 2.45) is 11.8 Å². The minimum Gasteiger partial charge on any atom is -0.326 e. The summed E-state index contributed by atoms with van der Waals surface area (Å²) in [6.07, 6.45) is 4.51. The fourth-order valence-corrected chi connectivity index (χ4v) is 4.89. The molecule has 0 spiro atoms. The predicted octanol–water partition coefficient (Wildman–Crippen LogP) is 2.11. The highest BCUT2D eigenvalue weighted by molar-refractivity contribution is 7.89. The molecule has 1 amide bonds. The summed E-state index contributed by atoms with van der Waals surface area (Å²) in [5.41, 5.74) is 0.598. The molecule has 3 atom stereocenters. The Labute approximate surface area is 125 Å². The monoisotopic (exact) mass is 308 g/mol. The van der Waals surface area contributed by atoms with Gasteiger partial charge in [-0.2, -0.15) is 0 Å². The van der Waals surface area contributed by atoms with Crippen LogP contribution in [0.3, 0.4) is 0 Å². The van der Waals surface area contributed by atoms with Crippen LogP contribution in [0.25, 0.3) is 0 Å². The Balaban J connectivity index is 1.71. The van der Waals surface area contributed by atoms with Gasteiger partial charge in [0.25, 0.3) is 0 Å². The van der Waals surface area contributed by atoms with Crippen LogP contribution in [-0.2, 0) is 14.8 Å². The van der Waals surface area contributed by atoms with Crippen LogP contribution in [0, 0.1) is 11.8 Å². The first kappa shape index (κ1) is 14.5. The molecule has 2 saturated carbocycles. The van der Waals surface area contributed by atoms with Crippen LogP contribution in [-0.4, -0.2) is 20.4 Å². The van der Waals surface area contributed by atoms with Crippen molar-refractivity contribution >= 4 is 21.6 Å². The molecule has 3 rings (SSSR count). The van der Waals surface area contributed by atoms with Crippen molar-refractivity contribution < 1.29 is 13.2 Å². The maximum Gasteiger partial charge on any atom is 0.240 e. The van der Waals surface area contributed by atoms with Gasteiger partial charge in [0.05, 0.1) is 4.90 Å². The number of hydrogen-bond donors (Lipinski definition) is 2. The van der Waals surface area contributed by atoms with Gasteiger partial charge in [-0.15, -0.1) is 0 Å². The van der Waals surface area contributed by atoms with Gasteiger partial charge in [0.2, 0.25) is 15.9 Å². The van der Waals surface area contributed by atoms with E-state index in [-0.39, 0.29) is 16.8 Å². The minimum atomic E-state index is -3.47. The number of carbonyl (C=O) groups is 1. The Bertz CT molecular complexity index is 639. The number of sulfonamides is 1. The van der Waals surface area contributed by atoms with E-state index in [2.05, 4.69) is 10.0 Å². The van der Waals surface area contributed by atoms with E-state index >= 15 is 0 Å². The second-order valence-corrected chi connectivity index (χ2v) is 7.82. The van der Waals surface area contributed by atoms with Crippen LogP contribution in [0.2, 0.25) is 0 Å². The first-order valence-electron chi connectivity index (χ1n) is 7.34. The molecule has 1 aromatic rings. The molecular formula is C15H20N2O3S. The van der Waals surface area contributed by atoms with E-state index in [4.69, 9.17) is 0 Å². The molecule has 2 aliphatic rings. The third-order valence-electron chi connectivity index (χ3n) is 4.53. The van der Waals surface area contributed by atoms with Crippen LogP contribution in [0.5, 0.6) is 0 Å². The number of fused-ring (bicyclic) bond motifs is 2. The molecule has 2 aliphatic carbocycles. The second-order valence-electron chi connectivity index (χ2n) is 6.11. The zero-order chi connectivity index (χ0) is 15.0. The van der Waals surface area contributed by atoms with Crippen LogP contribution in [0.4, 0.5) is 5.69 Å². The lowest BCUT2D eigenvalue weighted by atomic mass is 9.96. The molecule has 2 N–H and O–H groups in total. The summed E-state index contributed by atoms with van der Waals surface area (Å²) in [6, 6.07) is 6.36. The van der Waals surface area contributed by atoms with Crippen molar-refractivity contribution in [2.45, 2.75) is 43.5 Å². The Morgan fingerprint density at radius 1 is 1.14 bits per heavy atom. The highest BCUT2D eigenvalue weighted by Gasteiger charge is 2.41. The summed E-state index contributed by atoms with van der Waals surface area (Å²) in [6.45, 7) is 1.42. The molecule has 0 aromatic heterocycles. The normalized spacial score (nSPS) is 27.8. The highest BCUT2D eigenvalue weighted by Crippen LogP contribution is 2.44. The number of rotatable bonds is 4. The van der Waals surface area contributed by atoms with E-state index in [1.54, 1.807) is 12.1 Å². The molecule has 2 bridgehead atoms. The number of nitrogens with one attached hydrogen (secondary N) is 2. The first-order chi connectivity index (χ1) is 9.94. The summed E-state index contributed by atoms with van der Waals surface area (Å²) in [4.78, 5) is 11.2. The fraction of sp³-hybridized carbons (Fsp3) is 0.533. The molecule has 0 unspecified atom stereocenters. The Morgan fingerprint density at radius 3 is 2.38 bits per heavy atom. The number of carbonyl (C=O) groups excluding carboxylic acids is 1. The SMILES string of the molecule is CC(=O)Nc1ccc(S(=O)(=O)N[C@@H]2C[C@H]3CC[C@H]2C3)cc1. The number of amides is 1. The molecule has 0 aliphatic heterocycles. The smallest absolute Gasteiger partial charge is 0.240 e. The van der Waals surface area contributed by atoms with Crippen molar-refractivity contribution in [3.8, 4) is 0 Å². The van der Waals surface area contributed by atoms with Gasteiger partial charge in [0.15, 0.2) is 0 Å². The molecule has 6 heteroatoms. The van der Waals surface area contributed by atoms with Gasteiger partial charge in [0, 0.05) is 18.7 Å². The predicted molar refractivity (Wildman–Crippen MR) is 80.3 cm³/mol. The van der Waals surface area contributed by atoms with Crippen LogP contribution in [0.15, 0.2) is 29.2 Å². The van der Waals surface area contributed by atoms with Crippen LogP contribution in [0.1, 0.15) is 32.6 Å². The quantitative estimate of drug-likeness (QED) is 0.894. The largest absolute Gasteiger partial charge is 0.326 e.